The number of carboxylic acid groups (broad SMARTS) is 1. The van der Waals surface area contributed by atoms with Gasteiger partial charge in [-0.2, -0.15) is 13.2 Å². The van der Waals surface area contributed by atoms with Gasteiger partial charge in [0.15, 0.2) is 0 Å². The van der Waals surface area contributed by atoms with Crippen molar-refractivity contribution in [2.24, 2.45) is 0 Å². The van der Waals surface area contributed by atoms with Crippen LogP contribution in [0.3, 0.4) is 0 Å². The summed E-state index contributed by atoms with van der Waals surface area (Å²) in [5, 5.41) is 12.9. The fourth-order valence-electron chi connectivity index (χ4n) is 1.89. The Bertz CT molecular complexity index is 744. The van der Waals surface area contributed by atoms with Crippen LogP contribution in [0.1, 0.15) is 17.7 Å². The predicted octanol–water partition coefficient (Wildman–Crippen LogP) is 2.96. The van der Waals surface area contributed by atoms with Gasteiger partial charge in [0.2, 0.25) is 5.91 Å². The molecule has 2 N–H and O–H groups in total. The molecule has 0 radical (unpaired) electrons. The summed E-state index contributed by atoms with van der Waals surface area (Å²) in [4.78, 5) is 26.2. The third-order valence-corrected chi connectivity index (χ3v) is 3.93. The summed E-state index contributed by atoms with van der Waals surface area (Å²) >= 11 is 1.14. The standard InChI is InChI=1S/C15H13F3N2O3S/c16-15(17,18)10-3-1-2-9(6-10)14-20-11(8-24-14)7-12(21)19-5-4-13(22)23/h1-3,6,8H,4-5,7H2,(H,19,21)(H,22,23). The van der Waals surface area contributed by atoms with Gasteiger partial charge in [-0.3, -0.25) is 9.59 Å². The van der Waals surface area contributed by atoms with Crippen molar-refractivity contribution in [1.82, 2.24) is 10.3 Å². The number of carbonyl (C=O) groups is 2. The van der Waals surface area contributed by atoms with Gasteiger partial charge in [0.05, 0.1) is 24.1 Å². The van der Waals surface area contributed by atoms with E-state index in [-0.39, 0.29) is 19.4 Å². The van der Waals surface area contributed by atoms with Crippen LogP contribution < -0.4 is 5.32 Å². The first kappa shape index (κ1) is 17.9. The highest BCUT2D eigenvalue weighted by molar-refractivity contribution is 7.13. The first-order valence-electron chi connectivity index (χ1n) is 6.86. The third-order valence-electron chi connectivity index (χ3n) is 2.99. The minimum atomic E-state index is -4.43. The Morgan fingerprint density at radius 2 is 2.04 bits per heavy atom. The zero-order valence-corrected chi connectivity index (χ0v) is 13.1. The molecule has 1 aromatic carbocycles. The number of carboxylic acids is 1. The van der Waals surface area contributed by atoms with Gasteiger partial charge >= 0.3 is 12.1 Å². The van der Waals surface area contributed by atoms with E-state index >= 15 is 0 Å². The Morgan fingerprint density at radius 3 is 2.71 bits per heavy atom. The van der Waals surface area contributed by atoms with Crippen LogP contribution in [0.2, 0.25) is 0 Å². The molecule has 1 heterocycles. The summed E-state index contributed by atoms with van der Waals surface area (Å²) in [7, 11) is 0. The topological polar surface area (TPSA) is 79.3 Å². The summed E-state index contributed by atoms with van der Waals surface area (Å²) < 4.78 is 38.2. The maximum atomic E-state index is 12.7. The fourth-order valence-corrected chi connectivity index (χ4v) is 2.70. The smallest absolute Gasteiger partial charge is 0.416 e. The van der Waals surface area contributed by atoms with Crippen molar-refractivity contribution in [2.45, 2.75) is 19.0 Å². The molecule has 2 rings (SSSR count). The summed E-state index contributed by atoms with van der Waals surface area (Å²) in [6, 6.07) is 4.81. The third kappa shape index (κ3) is 5.05. The van der Waals surface area contributed by atoms with E-state index in [4.69, 9.17) is 5.11 Å². The van der Waals surface area contributed by atoms with E-state index in [1.54, 1.807) is 5.38 Å². The van der Waals surface area contributed by atoms with E-state index in [9.17, 15) is 22.8 Å². The number of alkyl halides is 3. The van der Waals surface area contributed by atoms with Gasteiger partial charge in [-0.25, -0.2) is 4.98 Å². The number of aromatic nitrogens is 1. The second-order valence-corrected chi connectivity index (χ2v) is 5.75. The molecule has 2 aromatic rings. The Balaban J connectivity index is 2.03. The van der Waals surface area contributed by atoms with Crippen LogP contribution in [0.5, 0.6) is 0 Å². The van der Waals surface area contributed by atoms with Gasteiger partial charge < -0.3 is 10.4 Å². The van der Waals surface area contributed by atoms with Crippen LogP contribution >= 0.6 is 11.3 Å². The number of nitrogens with one attached hydrogen (secondary N) is 1. The molecule has 0 fully saturated rings. The van der Waals surface area contributed by atoms with Crippen molar-refractivity contribution in [3.05, 3.63) is 40.9 Å². The van der Waals surface area contributed by atoms with Gasteiger partial charge in [-0.05, 0) is 12.1 Å². The summed E-state index contributed by atoms with van der Waals surface area (Å²) in [6.07, 6.45) is -4.67. The lowest BCUT2D eigenvalue weighted by Gasteiger charge is -2.07. The first-order valence-corrected chi connectivity index (χ1v) is 7.74. The van der Waals surface area contributed by atoms with E-state index in [0.717, 1.165) is 23.5 Å². The Morgan fingerprint density at radius 1 is 1.29 bits per heavy atom. The minimum absolute atomic E-state index is 0.0127. The molecule has 0 aliphatic carbocycles. The molecule has 0 bridgehead atoms. The van der Waals surface area contributed by atoms with Gasteiger partial charge in [0, 0.05) is 17.5 Å². The summed E-state index contributed by atoms with van der Waals surface area (Å²) in [6.45, 7) is 0.0127. The number of benzene rings is 1. The summed E-state index contributed by atoms with van der Waals surface area (Å²) in [5.74, 6) is -1.41. The molecule has 0 saturated heterocycles. The number of aliphatic carboxylic acids is 1. The molecule has 5 nitrogen and oxygen atoms in total. The molecule has 0 saturated carbocycles. The van der Waals surface area contributed by atoms with Crippen molar-refractivity contribution in [3.63, 3.8) is 0 Å². The van der Waals surface area contributed by atoms with E-state index in [2.05, 4.69) is 10.3 Å². The normalized spacial score (nSPS) is 11.3. The van der Waals surface area contributed by atoms with E-state index in [0.29, 0.717) is 16.3 Å². The minimum Gasteiger partial charge on any atom is -0.481 e. The average molecular weight is 358 g/mol. The van der Waals surface area contributed by atoms with Crippen LogP contribution in [0.15, 0.2) is 29.6 Å². The van der Waals surface area contributed by atoms with Gasteiger partial charge in [0.25, 0.3) is 0 Å². The van der Waals surface area contributed by atoms with Crippen molar-refractivity contribution in [3.8, 4) is 10.6 Å². The van der Waals surface area contributed by atoms with Gasteiger partial charge in [0.1, 0.15) is 5.01 Å². The fraction of sp³-hybridized carbons (Fsp3) is 0.267. The zero-order valence-electron chi connectivity index (χ0n) is 12.3. The van der Waals surface area contributed by atoms with Crippen LogP contribution in [-0.2, 0) is 22.2 Å². The second-order valence-electron chi connectivity index (χ2n) is 4.89. The molecule has 24 heavy (non-hydrogen) atoms. The molecule has 0 spiro atoms. The molecular weight excluding hydrogens is 345 g/mol. The van der Waals surface area contributed by atoms with Crippen molar-refractivity contribution < 1.29 is 27.9 Å². The van der Waals surface area contributed by atoms with E-state index in [1.807, 2.05) is 0 Å². The molecule has 1 aromatic heterocycles. The largest absolute Gasteiger partial charge is 0.481 e. The molecule has 128 valence electrons. The van der Waals surface area contributed by atoms with Gasteiger partial charge in [-0.15, -0.1) is 11.3 Å². The number of nitrogens with zero attached hydrogens (tertiary/aromatic N) is 1. The molecule has 0 atom stereocenters. The molecule has 1 amide bonds. The second kappa shape index (κ2) is 7.43. The molecule has 9 heteroatoms. The SMILES string of the molecule is O=C(O)CCNC(=O)Cc1csc(-c2cccc(C(F)(F)F)c2)n1. The number of halogens is 3. The van der Waals surface area contributed by atoms with Crippen LogP contribution in [-0.4, -0.2) is 28.5 Å². The van der Waals surface area contributed by atoms with Crippen LogP contribution in [0.4, 0.5) is 13.2 Å². The summed E-state index contributed by atoms with van der Waals surface area (Å²) in [5.41, 5.74) is -0.0178. The van der Waals surface area contributed by atoms with Crippen molar-refractivity contribution in [2.75, 3.05) is 6.54 Å². The Hall–Kier alpha value is -2.42. The van der Waals surface area contributed by atoms with Gasteiger partial charge in [-0.1, -0.05) is 12.1 Å². The molecule has 0 aliphatic heterocycles. The zero-order chi connectivity index (χ0) is 17.7. The number of carbonyl (C=O) groups excluding carboxylic acids is 1. The quantitative estimate of drug-likeness (QED) is 0.832. The van der Waals surface area contributed by atoms with E-state index < -0.39 is 23.6 Å². The maximum Gasteiger partial charge on any atom is 0.416 e. The molecular formula is C15H13F3N2O3S. The monoisotopic (exact) mass is 358 g/mol. The lowest BCUT2D eigenvalue weighted by Crippen LogP contribution is -2.27. The average Bonchev–Trinajstić information content (AvgIpc) is 2.94. The number of hydrogen-bond acceptors (Lipinski definition) is 4. The first-order chi connectivity index (χ1) is 11.3. The highest BCUT2D eigenvalue weighted by atomic mass is 32.1. The number of amides is 1. The molecule has 0 unspecified atom stereocenters. The lowest BCUT2D eigenvalue weighted by atomic mass is 10.1. The number of hydrogen-bond donors (Lipinski definition) is 2. The number of thiazole rings is 1. The predicted molar refractivity (Wildman–Crippen MR) is 81.5 cm³/mol. The van der Waals surface area contributed by atoms with Crippen LogP contribution in [0, 0.1) is 0 Å². The Kier molecular flexibility index (Phi) is 5.55. The van der Waals surface area contributed by atoms with E-state index in [1.165, 1.54) is 12.1 Å². The van der Waals surface area contributed by atoms with Crippen molar-refractivity contribution >= 4 is 23.2 Å². The number of rotatable bonds is 6. The van der Waals surface area contributed by atoms with Crippen molar-refractivity contribution in [1.29, 1.82) is 0 Å². The highest BCUT2D eigenvalue weighted by Crippen LogP contribution is 2.33. The Labute approximate surface area is 139 Å². The molecule has 0 aliphatic rings. The van der Waals surface area contributed by atoms with Crippen LogP contribution in [0.25, 0.3) is 10.6 Å². The highest BCUT2D eigenvalue weighted by Gasteiger charge is 2.30. The maximum absolute atomic E-state index is 12.7. The lowest BCUT2D eigenvalue weighted by molar-refractivity contribution is -0.138.